The lowest BCUT2D eigenvalue weighted by Gasteiger charge is -2.50. The van der Waals surface area contributed by atoms with Crippen LogP contribution in [0.5, 0.6) is 5.88 Å². The van der Waals surface area contributed by atoms with E-state index in [-0.39, 0.29) is 30.4 Å². The van der Waals surface area contributed by atoms with Crippen LogP contribution < -0.4 is 15.8 Å². The van der Waals surface area contributed by atoms with Gasteiger partial charge >= 0.3 is 0 Å². The van der Waals surface area contributed by atoms with E-state index < -0.39 is 11.0 Å². The van der Waals surface area contributed by atoms with E-state index in [1.807, 2.05) is 40.7 Å². The smallest absolute Gasteiger partial charge is 0.293 e. The van der Waals surface area contributed by atoms with Crippen molar-refractivity contribution >= 4 is 18.6 Å². The van der Waals surface area contributed by atoms with Crippen molar-refractivity contribution in [3.63, 3.8) is 0 Å². The minimum Gasteiger partial charge on any atom is -0.477 e. The van der Waals surface area contributed by atoms with Crippen molar-refractivity contribution in [1.29, 1.82) is 0 Å². The van der Waals surface area contributed by atoms with Gasteiger partial charge in [-0.1, -0.05) is 40.7 Å². The first-order chi connectivity index (χ1) is 17.0. The van der Waals surface area contributed by atoms with Gasteiger partial charge in [0.1, 0.15) is 11.2 Å². The molecule has 4 N–H and O–H groups in total. The fourth-order valence-corrected chi connectivity index (χ4v) is 5.46. The van der Waals surface area contributed by atoms with Crippen LogP contribution in [0, 0.1) is 29.1 Å². The summed E-state index contributed by atoms with van der Waals surface area (Å²) < 4.78 is 13.0. The highest BCUT2D eigenvalue weighted by molar-refractivity contribution is 5.96. The number of carbonyl (C=O) groups excluding carboxylic acids is 2. The first-order valence-corrected chi connectivity index (χ1v) is 13.0. The summed E-state index contributed by atoms with van der Waals surface area (Å²) in [5.41, 5.74) is 4.00. The van der Waals surface area contributed by atoms with E-state index in [0.29, 0.717) is 36.4 Å². The average Bonchev–Trinajstić information content (AvgIpc) is 3.23. The molecule has 2 fully saturated rings. The fourth-order valence-electron chi connectivity index (χ4n) is 5.46. The number of nitrogens with one attached hydrogen (secondary N) is 1. The Morgan fingerprint density at radius 1 is 1.36 bits per heavy atom. The molecule has 9 heteroatoms. The Bertz CT molecular complexity index is 895. The maximum atomic E-state index is 13.4. The summed E-state index contributed by atoms with van der Waals surface area (Å²) in [7, 11) is 1.50. The SMILES string of the molecule is CC(C)COc1c(C(=O)NC2C(C)CC3CC2C[C@@](C)(OC=O)C3)cnn1/C=C/C(C)(C)CO.CN. The molecule has 2 bridgehead atoms. The van der Waals surface area contributed by atoms with Gasteiger partial charge in [0.2, 0.25) is 5.88 Å². The molecular formula is C27H46N4O5. The number of aliphatic hydroxyl groups is 1. The van der Waals surface area contributed by atoms with Crippen molar-refractivity contribution in [2.24, 2.45) is 34.8 Å². The van der Waals surface area contributed by atoms with Crippen LogP contribution in [-0.2, 0) is 9.53 Å². The Balaban J connectivity index is 0.00000222. The number of amides is 1. The van der Waals surface area contributed by atoms with Gasteiger partial charge in [-0.25, -0.2) is 4.68 Å². The Morgan fingerprint density at radius 2 is 2.06 bits per heavy atom. The van der Waals surface area contributed by atoms with Crippen LogP contribution >= 0.6 is 0 Å². The summed E-state index contributed by atoms with van der Waals surface area (Å²) in [6.45, 7) is 13.1. The number of ether oxygens (including phenoxy) is 2. The third-order valence-corrected chi connectivity index (χ3v) is 7.13. The predicted molar refractivity (Wildman–Crippen MR) is 140 cm³/mol. The molecule has 2 aliphatic carbocycles. The summed E-state index contributed by atoms with van der Waals surface area (Å²) in [5.74, 6) is 1.55. The first kappa shape index (κ1) is 29.8. The maximum Gasteiger partial charge on any atom is 0.293 e. The standard InChI is InChI=1S/C26H41N3O5.CH5N/c1-17(2)14-33-24-21(13-27-29(24)8-7-25(4,5)15-30)23(32)28-22-18(3)9-19-10-20(22)12-26(6,11-19)34-16-31;1-2/h7-8,13,16-20,22,30H,9-12,14-15H2,1-6H3,(H,28,32);2H2,1H3/b8-7+;/t18?,19?,20?,22?,26-;/m0./s1. The minimum atomic E-state index is -0.473. The summed E-state index contributed by atoms with van der Waals surface area (Å²) in [6.07, 6.45) is 8.77. The largest absolute Gasteiger partial charge is 0.477 e. The number of rotatable bonds is 10. The fraction of sp³-hybridized carbons (Fsp3) is 0.741. The van der Waals surface area contributed by atoms with E-state index in [9.17, 15) is 14.7 Å². The van der Waals surface area contributed by atoms with Crippen LogP contribution in [0.3, 0.4) is 0 Å². The van der Waals surface area contributed by atoms with E-state index >= 15 is 0 Å². The quantitative estimate of drug-likeness (QED) is 0.414. The molecule has 0 radical (unpaired) electrons. The van der Waals surface area contributed by atoms with E-state index in [4.69, 9.17) is 9.47 Å². The zero-order valence-corrected chi connectivity index (χ0v) is 23.0. The Morgan fingerprint density at radius 3 is 2.67 bits per heavy atom. The van der Waals surface area contributed by atoms with Crippen molar-refractivity contribution in [3.05, 3.63) is 17.8 Å². The maximum absolute atomic E-state index is 13.4. The van der Waals surface area contributed by atoms with Gasteiger partial charge in [-0.2, -0.15) is 5.10 Å². The van der Waals surface area contributed by atoms with Gasteiger partial charge in [-0.3, -0.25) is 9.59 Å². The molecule has 3 rings (SSSR count). The molecular weight excluding hydrogens is 460 g/mol. The molecule has 5 atom stereocenters. The first-order valence-electron chi connectivity index (χ1n) is 13.0. The highest BCUT2D eigenvalue weighted by atomic mass is 16.5. The van der Waals surface area contributed by atoms with Crippen LogP contribution in [0.15, 0.2) is 12.3 Å². The summed E-state index contributed by atoms with van der Waals surface area (Å²) >= 11 is 0. The normalized spacial score (nSPS) is 27.8. The van der Waals surface area contributed by atoms with Crippen molar-refractivity contribution in [2.75, 3.05) is 20.3 Å². The van der Waals surface area contributed by atoms with E-state index in [0.717, 1.165) is 25.7 Å². The molecule has 0 aromatic carbocycles. The molecule has 0 saturated heterocycles. The van der Waals surface area contributed by atoms with Crippen molar-refractivity contribution in [3.8, 4) is 5.88 Å². The van der Waals surface area contributed by atoms with E-state index in [1.165, 1.54) is 13.2 Å². The van der Waals surface area contributed by atoms with Gasteiger partial charge in [0.15, 0.2) is 0 Å². The number of nitrogens with two attached hydrogens (primary N) is 1. The molecule has 4 unspecified atom stereocenters. The number of nitrogens with zero attached hydrogens (tertiary/aromatic N) is 2. The predicted octanol–water partition coefficient (Wildman–Crippen LogP) is 3.47. The second kappa shape index (κ2) is 12.7. The molecule has 2 aliphatic rings. The van der Waals surface area contributed by atoms with Gasteiger partial charge in [0, 0.05) is 17.7 Å². The number of aliphatic hydroxyl groups excluding tert-OH is 1. The number of carbonyl (C=O) groups is 2. The van der Waals surface area contributed by atoms with Crippen LogP contribution in [0.2, 0.25) is 0 Å². The number of fused-ring (bicyclic) bond motifs is 2. The topological polar surface area (TPSA) is 129 Å². The minimum absolute atomic E-state index is 0.00498. The molecule has 0 aliphatic heterocycles. The molecule has 1 heterocycles. The van der Waals surface area contributed by atoms with Crippen LogP contribution in [0.4, 0.5) is 0 Å². The lowest BCUT2D eigenvalue weighted by molar-refractivity contribution is -0.152. The molecule has 204 valence electrons. The van der Waals surface area contributed by atoms with Crippen LogP contribution in [-0.4, -0.2) is 59.2 Å². The van der Waals surface area contributed by atoms with Crippen molar-refractivity contribution < 1.29 is 24.2 Å². The highest BCUT2D eigenvalue weighted by Crippen LogP contribution is 2.47. The Hall–Kier alpha value is -2.39. The van der Waals surface area contributed by atoms with Crippen molar-refractivity contribution in [2.45, 2.75) is 78.9 Å². The number of aromatic nitrogens is 2. The van der Waals surface area contributed by atoms with Gasteiger partial charge in [0.05, 0.1) is 19.4 Å². The van der Waals surface area contributed by atoms with Crippen LogP contribution in [0.1, 0.15) is 77.6 Å². The summed E-state index contributed by atoms with van der Waals surface area (Å²) in [5, 5.41) is 17.2. The molecule has 1 aromatic heterocycles. The van der Waals surface area contributed by atoms with Crippen molar-refractivity contribution in [1.82, 2.24) is 15.1 Å². The molecule has 0 spiro atoms. The zero-order valence-electron chi connectivity index (χ0n) is 23.0. The van der Waals surface area contributed by atoms with Crippen LogP contribution in [0.25, 0.3) is 6.20 Å². The summed E-state index contributed by atoms with van der Waals surface area (Å²) in [4.78, 5) is 24.5. The second-order valence-corrected chi connectivity index (χ2v) is 11.6. The molecule has 9 nitrogen and oxygen atoms in total. The summed E-state index contributed by atoms with van der Waals surface area (Å²) in [6, 6.07) is -0.0104. The molecule has 1 amide bonds. The third kappa shape index (κ3) is 7.56. The number of hydrogen-bond donors (Lipinski definition) is 3. The number of hydrogen-bond acceptors (Lipinski definition) is 7. The zero-order chi connectivity index (χ0) is 27.1. The van der Waals surface area contributed by atoms with E-state index in [1.54, 1.807) is 10.9 Å². The molecule has 2 saturated carbocycles. The third-order valence-electron chi connectivity index (χ3n) is 7.13. The Kier molecular flexibility index (Phi) is 10.5. The highest BCUT2D eigenvalue weighted by Gasteiger charge is 2.47. The van der Waals surface area contributed by atoms with Gasteiger partial charge in [-0.15, -0.1) is 0 Å². The second-order valence-electron chi connectivity index (χ2n) is 11.6. The average molecular weight is 507 g/mol. The van der Waals surface area contributed by atoms with Gasteiger partial charge < -0.3 is 25.6 Å². The lowest BCUT2D eigenvalue weighted by atomic mass is 9.61. The van der Waals surface area contributed by atoms with Gasteiger partial charge in [0.25, 0.3) is 12.4 Å². The monoisotopic (exact) mass is 506 g/mol. The van der Waals surface area contributed by atoms with E-state index in [2.05, 4.69) is 23.1 Å². The molecule has 36 heavy (non-hydrogen) atoms. The lowest BCUT2D eigenvalue weighted by Crippen LogP contribution is -2.54. The molecule has 1 aromatic rings. The Labute approximate surface area is 215 Å². The van der Waals surface area contributed by atoms with Gasteiger partial charge in [-0.05, 0) is 63.3 Å².